The summed E-state index contributed by atoms with van der Waals surface area (Å²) in [6, 6.07) is 12.1. The highest BCUT2D eigenvalue weighted by atomic mass is 32.2. The van der Waals surface area contributed by atoms with Crippen LogP contribution in [0.15, 0.2) is 76.8 Å². The second-order valence-corrected chi connectivity index (χ2v) is 10.8. The van der Waals surface area contributed by atoms with E-state index in [9.17, 15) is 23.1 Å². The lowest BCUT2D eigenvalue weighted by Gasteiger charge is -2.23. The third kappa shape index (κ3) is 4.20. The van der Waals surface area contributed by atoms with E-state index in [-0.39, 0.29) is 28.3 Å². The molecular weight excluding hydrogens is 462 g/mol. The summed E-state index contributed by atoms with van der Waals surface area (Å²) in [5.74, 6) is -1.83. The van der Waals surface area contributed by atoms with Crippen molar-refractivity contribution in [3.8, 4) is 0 Å². The number of nitrogens with one attached hydrogen (secondary N) is 1. The Morgan fingerprint density at radius 3 is 2.42 bits per heavy atom. The van der Waals surface area contributed by atoms with Crippen LogP contribution in [0.1, 0.15) is 22.0 Å². The fourth-order valence-corrected chi connectivity index (χ4v) is 5.41. The number of thiophene rings is 1. The number of aliphatic hydroxyl groups is 1. The number of sulfonamides is 1. The van der Waals surface area contributed by atoms with E-state index in [4.69, 9.17) is 0 Å². The van der Waals surface area contributed by atoms with Crippen LogP contribution in [0.4, 0.5) is 0 Å². The zero-order valence-electron chi connectivity index (χ0n) is 17.9. The molecule has 0 radical (unpaired) electrons. The van der Waals surface area contributed by atoms with Crippen LogP contribution >= 0.6 is 11.3 Å². The number of hydrogen-bond acceptors (Lipinski definition) is 6. The third-order valence-electron chi connectivity index (χ3n) is 5.38. The number of benzene rings is 1. The average molecular weight is 485 g/mol. The van der Waals surface area contributed by atoms with Crippen molar-refractivity contribution in [2.75, 3.05) is 14.1 Å². The van der Waals surface area contributed by atoms with Gasteiger partial charge in [-0.3, -0.25) is 9.59 Å². The van der Waals surface area contributed by atoms with Crippen molar-refractivity contribution < 1.29 is 28.1 Å². The summed E-state index contributed by atoms with van der Waals surface area (Å²) in [5, 5.41) is 12.9. The van der Waals surface area contributed by atoms with Crippen LogP contribution in [-0.2, 0) is 26.2 Å². The summed E-state index contributed by atoms with van der Waals surface area (Å²) < 4.78 is 25.8. The van der Waals surface area contributed by atoms with Crippen molar-refractivity contribution in [3.63, 3.8) is 0 Å². The van der Waals surface area contributed by atoms with Crippen LogP contribution in [0.3, 0.4) is 0 Å². The van der Waals surface area contributed by atoms with E-state index in [0.29, 0.717) is 0 Å². The Morgan fingerprint density at radius 1 is 1.12 bits per heavy atom. The van der Waals surface area contributed by atoms with Crippen LogP contribution < -0.4 is 4.98 Å². The topological polar surface area (TPSA) is 109 Å². The van der Waals surface area contributed by atoms with Crippen molar-refractivity contribution >= 4 is 38.8 Å². The average Bonchev–Trinajstić information content (AvgIpc) is 3.42. The van der Waals surface area contributed by atoms with Crippen molar-refractivity contribution in [3.05, 3.63) is 87.9 Å². The number of aromatic nitrogens is 1. The largest absolute Gasteiger partial charge is 0.507 e. The number of Topliss-reactive ketones (excluding diaryl/α,β-unsaturated/α-hetero) is 1. The molecule has 0 bridgehead atoms. The van der Waals surface area contributed by atoms with Gasteiger partial charge >= 0.3 is 0 Å². The van der Waals surface area contributed by atoms with Crippen molar-refractivity contribution in [1.82, 2.24) is 9.21 Å². The van der Waals surface area contributed by atoms with Gasteiger partial charge in [-0.15, -0.1) is 11.3 Å². The monoisotopic (exact) mass is 484 g/mol. The van der Waals surface area contributed by atoms with Gasteiger partial charge in [0.15, 0.2) is 12.4 Å². The maximum Gasteiger partial charge on any atom is 0.295 e. The summed E-state index contributed by atoms with van der Waals surface area (Å²) in [6.07, 6.45) is 3.49. The number of nitrogens with zero attached hydrogens (tertiary/aromatic N) is 2. The Labute approximate surface area is 195 Å². The maximum atomic E-state index is 13.0. The molecule has 3 aromatic rings. The fourth-order valence-electron chi connectivity index (χ4n) is 3.66. The molecule has 1 aliphatic heterocycles. The number of hydrogen-bond donors (Lipinski definition) is 1. The van der Waals surface area contributed by atoms with Gasteiger partial charge in [-0.25, -0.2) is 17.7 Å². The summed E-state index contributed by atoms with van der Waals surface area (Å²) in [5.41, 5.74) is 1.03. The second-order valence-electron chi connectivity index (χ2n) is 7.67. The predicted molar refractivity (Wildman–Crippen MR) is 122 cm³/mol. The molecule has 1 saturated heterocycles. The minimum absolute atomic E-state index is 0.0226. The van der Waals surface area contributed by atoms with Crippen LogP contribution in [0.25, 0.3) is 5.76 Å². The Morgan fingerprint density at radius 2 is 1.85 bits per heavy atom. The summed E-state index contributed by atoms with van der Waals surface area (Å²) in [4.78, 5) is 31.2. The van der Waals surface area contributed by atoms with Crippen LogP contribution in [-0.4, -0.2) is 48.5 Å². The standard InChI is InChI=1S/C23H21N3O5S2/c1-25(2)33(30,31)17-9-7-16(8-10-17)21(27)19-20(18-6-4-12-32-18)26(23(29)22(19)28)14-15-5-3-11-24-13-15/h3-13,20,27H,14H2,1-2H3/p+1. The highest BCUT2D eigenvalue weighted by Crippen LogP contribution is 2.41. The lowest BCUT2D eigenvalue weighted by Crippen LogP contribution is -2.29. The molecule has 1 aliphatic rings. The molecule has 0 saturated carbocycles. The quantitative estimate of drug-likeness (QED) is 0.328. The van der Waals surface area contributed by atoms with E-state index in [1.807, 2.05) is 23.6 Å². The normalized spacial score (nSPS) is 18.3. The molecule has 0 aliphatic carbocycles. The first-order valence-electron chi connectivity index (χ1n) is 10.0. The first-order chi connectivity index (χ1) is 15.7. The molecular formula is C23H22N3O5S2+. The van der Waals surface area contributed by atoms with Gasteiger partial charge in [0.1, 0.15) is 5.76 Å². The summed E-state index contributed by atoms with van der Waals surface area (Å²) >= 11 is 1.38. The van der Waals surface area contributed by atoms with Crippen molar-refractivity contribution in [1.29, 1.82) is 0 Å². The van der Waals surface area contributed by atoms with E-state index in [1.165, 1.54) is 54.6 Å². The Bertz CT molecular complexity index is 1320. The molecule has 1 atom stereocenters. The lowest BCUT2D eigenvalue weighted by molar-refractivity contribution is -0.378. The highest BCUT2D eigenvalue weighted by molar-refractivity contribution is 7.89. The number of ketones is 1. The summed E-state index contributed by atoms with van der Waals surface area (Å²) in [7, 11) is -0.789. The molecule has 170 valence electrons. The Balaban J connectivity index is 1.79. The first-order valence-corrected chi connectivity index (χ1v) is 12.3. The smallest absolute Gasteiger partial charge is 0.295 e. The van der Waals surface area contributed by atoms with E-state index < -0.39 is 27.8 Å². The maximum absolute atomic E-state index is 13.0. The van der Waals surface area contributed by atoms with Gasteiger partial charge < -0.3 is 10.0 Å². The zero-order valence-corrected chi connectivity index (χ0v) is 19.6. The molecule has 0 spiro atoms. The number of H-pyrrole nitrogens is 1. The van der Waals surface area contributed by atoms with Crippen LogP contribution in [0.2, 0.25) is 0 Å². The molecule has 33 heavy (non-hydrogen) atoms. The third-order valence-corrected chi connectivity index (χ3v) is 8.14. The minimum Gasteiger partial charge on any atom is -0.507 e. The molecule has 1 amide bonds. The van der Waals surface area contributed by atoms with Crippen LogP contribution in [0, 0.1) is 0 Å². The summed E-state index contributed by atoms with van der Waals surface area (Å²) in [6.45, 7) is 0.182. The number of rotatable bonds is 6. The van der Waals surface area contributed by atoms with E-state index >= 15 is 0 Å². The minimum atomic E-state index is -3.64. The highest BCUT2D eigenvalue weighted by Gasteiger charge is 2.46. The lowest BCUT2D eigenvalue weighted by atomic mass is 10.00. The number of likely N-dealkylation sites (tertiary alicyclic amines) is 1. The molecule has 10 heteroatoms. The Hall–Kier alpha value is -3.34. The zero-order chi connectivity index (χ0) is 23.8. The van der Waals surface area contributed by atoms with E-state index in [2.05, 4.69) is 4.98 Å². The van der Waals surface area contributed by atoms with Gasteiger partial charge in [0.25, 0.3) is 11.7 Å². The van der Waals surface area contributed by atoms with Crippen molar-refractivity contribution in [2.45, 2.75) is 17.5 Å². The number of aromatic amines is 1. The molecule has 3 heterocycles. The number of carbonyl (C=O) groups excluding carboxylic acids is 2. The van der Waals surface area contributed by atoms with Gasteiger partial charge in [0.2, 0.25) is 10.0 Å². The SMILES string of the molecule is CN(C)S(=O)(=O)c1ccc(C(O)=C2C(=O)C(=O)N(Cc3ccc[nH+]c3)C2c2cccs2)cc1. The number of aliphatic hydroxyl groups excluding tert-OH is 1. The predicted octanol–water partition coefficient (Wildman–Crippen LogP) is 2.43. The van der Waals surface area contributed by atoms with Gasteiger partial charge in [-0.2, -0.15) is 0 Å². The molecule has 2 aromatic heterocycles. The van der Waals surface area contributed by atoms with Gasteiger partial charge in [-0.1, -0.05) is 6.07 Å². The molecule has 2 N–H and O–H groups in total. The van der Waals surface area contributed by atoms with Crippen molar-refractivity contribution in [2.24, 2.45) is 0 Å². The van der Waals surface area contributed by atoms with E-state index in [0.717, 1.165) is 14.7 Å². The first kappa shape index (κ1) is 22.8. The molecule has 1 fully saturated rings. The van der Waals surface area contributed by atoms with Crippen LogP contribution in [0.5, 0.6) is 0 Å². The number of amides is 1. The second kappa shape index (κ2) is 8.89. The number of carbonyl (C=O) groups is 2. The van der Waals surface area contributed by atoms with Gasteiger partial charge in [0, 0.05) is 36.2 Å². The molecule has 8 nitrogen and oxygen atoms in total. The van der Waals surface area contributed by atoms with E-state index in [1.54, 1.807) is 18.5 Å². The van der Waals surface area contributed by atoms with Gasteiger partial charge in [0.05, 0.1) is 23.1 Å². The molecule has 1 unspecified atom stereocenters. The molecule has 1 aromatic carbocycles. The fraction of sp³-hybridized carbons (Fsp3) is 0.174. The molecule has 4 rings (SSSR count). The van der Waals surface area contributed by atoms with Gasteiger partial charge in [-0.05, 0) is 41.8 Å². The number of pyridine rings is 1. The Kier molecular flexibility index (Phi) is 6.15.